The van der Waals surface area contributed by atoms with E-state index in [9.17, 15) is 4.79 Å². The van der Waals surface area contributed by atoms with Gasteiger partial charge >= 0.3 is 0 Å². The average Bonchev–Trinajstić information content (AvgIpc) is 2.82. The Balaban J connectivity index is 1.34. The fourth-order valence-electron chi connectivity index (χ4n) is 3.96. The van der Waals surface area contributed by atoms with Crippen LogP contribution in [0.15, 0.2) is 84.9 Å². The fraction of sp³-hybridized carbons (Fsp3) is 0.154. The molecule has 0 bridgehead atoms. The van der Waals surface area contributed by atoms with E-state index in [1.54, 1.807) is 0 Å². The third-order valence-electron chi connectivity index (χ3n) is 5.54. The molecule has 0 spiro atoms. The molecule has 1 amide bonds. The zero-order chi connectivity index (χ0) is 21.0. The number of amides is 1. The van der Waals surface area contributed by atoms with Gasteiger partial charge in [-0.2, -0.15) is 0 Å². The summed E-state index contributed by atoms with van der Waals surface area (Å²) in [6.07, 6.45) is 1.01. The minimum absolute atomic E-state index is 0.0724. The van der Waals surface area contributed by atoms with Gasteiger partial charge in [0, 0.05) is 24.2 Å². The Morgan fingerprint density at radius 3 is 2.58 bits per heavy atom. The van der Waals surface area contributed by atoms with Crippen molar-refractivity contribution in [3.05, 3.63) is 96.1 Å². The number of ether oxygens (including phenoxy) is 1. The van der Waals surface area contributed by atoms with E-state index >= 15 is 0 Å². The van der Waals surface area contributed by atoms with Crippen LogP contribution in [0.1, 0.15) is 11.1 Å². The van der Waals surface area contributed by atoms with Crippen molar-refractivity contribution in [2.45, 2.75) is 13.0 Å². The number of aromatic nitrogens is 1. The highest BCUT2D eigenvalue weighted by Crippen LogP contribution is 2.29. The van der Waals surface area contributed by atoms with Crippen molar-refractivity contribution in [2.75, 3.05) is 23.4 Å². The molecule has 1 aliphatic heterocycles. The lowest BCUT2D eigenvalue weighted by Crippen LogP contribution is -2.30. The lowest BCUT2D eigenvalue weighted by molar-refractivity contribution is -0.118. The monoisotopic (exact) mass is 409 g/mol. The summed E-state index contributed by atoms with van der Waals surface area (Å²) in [5, 5.41) is 3.83. The van der Waals surface area contributed by atoms with Crippen LogP contribution in [0.25, 0.3) is 10.9 Å². The molecule has 0 fully saturated rings. The Morgan fingerprint density at radius 2 is 1.71 bits per heavy atom. The molecule has 0 unspecified atom stereocenters. The highest BCUT2D eigenvalue weighted by Gasteiger charge is 2.18. The van der Waals surface area contributed by atoms with Crippen LogP contribution in [0.3, 0.4) is 0 Å². The summed E-state index contributed by atoms with van der Waals surface area (Å²) in [6, 6.07) is 27.8. The van der Waals surface area contributed by atoms with Crippen LogP contribution in [0, 0.1) is 0 Å². The smallest absolute Gasteiger partial charge is 0.262 e. The first-order chi connectivity index (χ1) is 15.3. The molecule has 0 atom stereocenters. The molecule has 31 heavy (non-hydrogen) atoms. The minimum Gasteiger partial charge on any atom is -0.481 e. The first-order valence-electron chi connectivity index (χ1n) is 10.5. The maximum Gasteiger partial charge on any atom is 0.262 e. The van der Waals surface area contributed by atoms with Gasteiger partial charge in [0.1, 0.15) is 17.1 Å². The summed E-state index contributed by atoms with van der Waals surface area (Å²) in [4.78, 5) is 19.5. The van der Waals surface area contributed by atoms with Gasteiger partial charge < -0.3 is 15.0 Å². The minimum atomic E-state index is -0.202. The molecule has 0 saturated heterocycles. The number of nitrogens with one attached hydrogen (secondary N) is 1. The number of anilines is 2. The molecule has 154 valence electrons. The summed E-state index contributed by atoms with van der Waals surface area (Å²) in [7, 11) is 0. The maximum atomic E-state index is 12.3. The zero-order valence-corrected chi connectivity index (χ0v) is 17.1. The second-order valence-corrected chi connectivity index (χ2v) is 7.64. The number of carbonyl (C=O) groups excluding carboxylic acids is 1. The third-order valence-corrected chi connectivity index (χ3v) is 5.54. The summed E-state index contributed by atoms with van der Waals surface area (Å²) in [5.74, 6) is 1.33. The lowest BCUT2D eigenvalue weighted by Gasteiger charge is -2.30. The average molecular weight is 409 g/mol. The molecule has 5 nitrogen and oxygen atoms in total. The van der Waals surface area contributed by atoms with E-state index in [4.69, 9.17) is 9.72 Å². The molecular formula is C26H23N3O2. The highest BCUT2D eigenvalue weighted by molar-refractivity contribution is 5.92. The van der Waals surface area contributed by atoms with E-state index in [1.165, 1.54) is 11.1 Å². The topological polar surface area (TPSA) is 54.5 Å². The second kappa shape index (κ2) is 8.48. The number of pyridine rings is 1. The number of nitrogens with zero attached hydrogens (tertiary/aromatic N) is 2. The molecular weight excluding hydrogens is 386 g/mol. The number of para-hydroxylation sites is 2. The van der Waals surface area contributed by atoms with Gasteiger partial charge in [-0.05, 0) is 47.9 Å². The number of hydrogen-bond acceptors (Lipinski definition) is 4. The largest absolute Gasteiger partial charge is 0.481 e. The van der Waals surface area contributed by atoms with E-state index < -0.39 is 0 Å². The van der Waals surface area contributed by atoms with Gasteiger partial charge in [0.15, 0.2) is 6.61 Å². The van der Waals surface area contributed by atoms with Crippen LogP contribution in [0.4, 0.5) is 11.5 Å². The highest BCUT2D eigenvalue weighted by atomic mass is 16.5. The molecule has 1 aromatic heterocycles. The number of fused-ring (bicyclic) bond motifs is 2. The fourth-order valence-corrected chi connectivity index (χ4v) is 3.96. The van der Waals surface area contributed by atoms with Crippen LogP contribution < -0.4 is 15.0 Å². The third kappa shape index (κ3) is 4.21. The summed E-state index contributed by atoms with van der Waals surface area (Å²) >= 11 is 0. The van der Waals surface area contributed by atoms with E-state index in [-0.39, 0.29) is 12.5 Å². The molecule has 1 N–H and O–H groups in total. The number of benzene rings is 3. The van der Waals surface area contributed by atoms with Gasteiger partial charge in [0.25, 0.3) is 5.91 Å². The molecule has 2 heterocycles. The van der Waals surface area contributed by atoms with Crippen LogP contribution in [-0.4, -0.2) is 24.0 Å². The predicted molar refractivity (Wildman–Crippen MR) is 124 cm³/mol. The summed E-state index contributed by atoms with van der Waals surface area (Å²) < 4.78 is 5.86. The van der Waals surface area contributed by atoms with E-state index in [0.717, 1.165) is 41.9 Å². The van der Waals surface area contributed by atoms with Gasteiger partial charge in [0.2, 0.25) is 0 Å². The molecule has 1 aliphatic rings. The summed E-state index contributed by atoms with van der Waals surface area (Å²) in [5.41, 5.74) is 4.27. The molecule has 5 rings (SSSR count). The van der Waals surface area contributed by atoms with Gasteiger partial charge in [-0.15, -0.1) is 0 Å². The molecule has 4 aromatic rings. The van der Waals surface area contributed by atoms with E-state index in [0.29, 0.717) is 5.75 Å². The van der Waals surface area contributed by atoms with Crippen molar-refractivity contribution >= 4 is 28.3 Å². The van der Waals surface area contributed by atoms with Crippen LogP contribution >= 0.6 is 0 Å². The van der Waals surface area contributed by atoms with Gasteiger partial charge in [0.05, 0.1) is 0 Å². The first kappa shape index (κ1) is 19.1. The van der Waals surface area contributed by atoms with Crippen LogP contribution in [0.2, 0.25) is 0 Å². The first-order valence-corrected chi connectivity index (χ1v) is 10.5. The number of rotatable bonds is 5. The molecule has 0 radical (unpaired) electrons. The zero-order valence-electron chi connectivity index (χ0n) is 17.1. The van der Waals surface area contributed by atoms with Gasteiger partial charge in [-0.3, -0.25) is 4.79 Å². The normalized spacial score (nSPS) is 13.0. The van der Waals surface area contributed by atoms with Gasteiger partial charge in [-0.25, -0.2) is 4.98 Å². The second-order valence-electron chi connectivity index (χ2n) is 7.64. The molecule has 5 heteroatoms. The van der Waals surface area contributed by atoms with Crippen LogP contribution in [0.5, 0.6) is 5.75 Å². The quantitative estimate of drug-likeness (QED) is 0.514. The van der Waals surface area contributed by atoms with Crippen molar-refractivity contribution < 1.29 is 9.53 Å². The van der Waals surface area contributed by atoms with E-state index in [1.807, 2.05) is 48.5 Å². The lowest BCUT2D eigenvalue weighted by atomic mass is 10.00. The SMILES string of the molecule is O=C(COc1cccc2ccc(N3CCc4ccccc4C3)nc12)Nc1ccccc1. The number of carbonyl (C=O) groups is 1. The Hall–Kier alpha value is -3.86. The maximum absolute atomic E-state index is 12.3. The van der Waals surface area contributed by atoms with Crippen LogP contribution in [-0.2, 0) is 17.8 Å². The van der Waals surface area contributed by atoms with Crippen molar-refractivity contribution in [1.82, 2.24) is 4.98 Å². The Labute approximate surface area is 181 Å². The predicted octanol–water partition coefficient (Wildman–Crippen LogP) is 4.82. The molecule has 3 aromatic carbocycles. The Morgan fingerprint density at radius 1 is 0.903 bits per heavy atom. The Bertz CT molecular complexity index is 1220. The number of hydrogen-bond donors (Lipinski definition) is 1. The van der Waals surface area contributed by atoms with Crippen molar-refractivity contribution in [1.29, 1.82) is 0 Å². The molecule has 0 aliphatic carbocycles. The standard InChI is InChI=1S/C26H23N3O2/c30-25(27-22-10-2-1-3-11-22)18-31-23-12-6-9-20-13-14-24(28-26(20)23)29-16-15-19-7-4-5-8-21(19)17-29/h1-14H,15-18H2,(H,27,30). The van der Waals surface area contributed by atoms with Gasteiger partial charge in [-0.1, -0.05) is 54.6 Å². The van der Waals surface area contributed by atoms with Crippen molar-refractivity contribution in [3.8, 4) is 5.75 Å². The van der Waals surface area contributed by atoms with E-state index in [2.05, 4.69) is 46.6 Å². The Kier molecular flexibility index (Phi) is 5.23. The van der Waals surface area contributed by atoms with Crippen molar-refractivity contribution in [2.24, 2.45) is 0 Å². The molecule has 0 saturated carbocycles. The van der Waals surface area contributed by atoms with Crippen molar-refractivity contribution in [3.63, 3.8) is 0 Å². The summed E-state index contributed by atoms with van der Waals surface area (Å²) in [6.45, 7) is 1.70.